The molecule has 4 aromatic heterocycles. The largest absolute Gasteiger partial charge is 0.298 e. The van der Waals surface area contributed by atoms with E-state index in [2.05, 4.69) is 15.3 Å². The maximum absolute atomic E-state index is 6.06. The van der Waals surface area contributed by atoms with Gasteiger partial charge in [-0.05, 0) is 36.4 Å². The molecule has 28 heavy (non-hydrogen) atoms. The summed E-state index contributed by atoms with van der Waals surface area (Å²) in [6, 6.07) is 19.4. The van der Waals surface area contributed by atoms with Crippen molar-refractivity contribution in [3.63, 3.8) is 0 Å². The highest BCUT2D eigenvalue weighted by atomic mass is 35.5. The van der Waals surface area contributed by atoms with Crippen molar-refractivity contribution in [1.29, 1.82) is 0 Å². The fourth-order valence-electron chi connectivity index (χ4n) is 3.19. The van der Waals surface area contributed by atoms with Crippen LogP contribution < -0.4 is 0 Å². The fraction of sp³-hybridized carbons (Fsp3) is 0.0476. The number of aromatic nitrogens is 6. The van der Waals surface area contributed by atoms with Crippen molar-refractivity contribution in [3.05, 3.63) is 90.0 Å². The first-order valence-electron chi connectivity index (χ1n) is 8.81. The number of hydrogen-bond donors (Lipinski definition) is 0. The van der Waals surface area contributed by atoms with Gasteiger partial charge in [0.2, 0.25) is 0 Å². The topological polar surface area (TPSA) is 60.9 Å². The van der Waals surface area contributed by atoms with Crippen molar-refractivity contribution >= 4 is 17.2 Å². The van der Waals surface area contributed by atoms with Crippen LogP contribution in [0.1, 0.15) is 5.69 Å². The number of hydrogen-bond acceptors (Lipinski definition) is 4. The highest BCUT2D eigenvalue weighted by Gasteiger charge is 2.18. The number of rotatable bonds is 4. The zero-order valence-corrected chi connectivity index (χ0v) is 15.5. The standard InChI is InChI=1S/C21H15ClN6/c22-16-9-7-15(8-10-16)20-21(28-12-4-2-6-19(28)24-20)18-14-27(26-25-18)13-17-5-1-3-11-23-17/h1-12,14H,13H2. The number of fused-ring (bicyclic) bond motifs is 1. The van der Waals surface area contributed by atoms with Crippen LogP contribution >= 0.6 is 11.6 Å². The van der Waals surface area contributed by atoms with Gasteiger partial charge in [-0.15, -0.1) is 5.10 Å². The second kappa shape index (κ2) is 6.90. The van der Waals surface area contributed by atoms with E-state index in [4.69, 9.17) is 16.6 Å². The van der Waals surface area contributed by atoms with Gasteiger partial charge in [-0.1, -0.05) is 41.1 Å². The normalized spacial score (nSPS) is 11.2. The van der Waals surface area contributed by atoms with Crippen molar-refractivity contribution < 1.29 is 0 Å². The predicted octanol–water partition coefficient (Wildman–Crippen LogP) is 4.36. The van der Waals surface area contributed by atoms with Crippen LogP contribution in [0.15, 0.2) is 79.3 Å². The highest BCUT2D eigenvalue weighted by Crippen LogP contribution is 2.32. The van der Waals surface area contributed by atoms with Gasteiger partial charge in [-0.3, -0.25) is 9.38 Å². The molecule has 0 spiro atoms. The molecular weight excluding hydrogens is 372 g/mol. The van der Waals surface area contributed by atoms with Crippen molar-refractivity contribution in [2.75, 3.05) is 0 Å². The van der Waals surface area contributed by atoms with Crippen LogP contribution in [0.2, 0.25) is 5.02 Å². The Morgan fingerprint density at radius 3 is 2.61 bits per heavy atom. The van der Waals surface area contributed by atoms with Gasteiger partial charge in [0.25, 0.3) is 0 Å². The van der Waals surface area contributed by atoms with E-state index in [1.54, 1.807) is 10.9 Å². The van der Waals surface area contributed by atoms with E-state index < -0.39 is 0 Å². The SMILES string of the molecule is Clc1ccc(-c2nc3ccccn3c2-c2cn(Cc3ccccn3)nn2)cc1. The lowest BCUT2D eigenvalue weighted by Gasteiger charge is -2.02. The molecule has 1 aromatic carbocycles. The summed E-state index contributed by atoms with van der Waals surface area (Å²) in [6.45, 7) is 0.556. The molecule has 4 heterocycles. The molecule has 0 unspecified atom stereocenters. The lowest BCUT2D eigenvalue weighted by Crippen LogP contribution is -2.01. The first-order valence-corrected chi connectivity index (χ1v) is 9.19. The molecule has 0 aliphatic rings. The van der Waals surface area contributed by atoms with E-state index >= 15 is 0 Å². The summed E-state index contributed by atoms with van der Waals surface area (Å²) in [5.41, 5.74) is 5.23. The molecule has 0 N–H and O–H groups in total. The number of benzene rings is 1. The minimum atomic E-state index is 0.556. The van der Waals surface area contributed by atoms with Gasteiger partial charge in [0.1, 0.15) is 17.0 Å². The van der Waals surface area contributed by atoms with Crippen LogP contribution in [-0.4, -0.2) is 29.4 Å². The molecule has 0 saturated heterocycles. The lowest BCUT2D eigenvalue weighted by molar-refractivity contribution is 0.639. The van der Waals surface area contributed by atoms with Crippen molar-refractivity contribution in [2.45, 2.75) is 6.54 Å². The van der Waals surface area contributed by atoms with E-state index in [1.807, 2.05) is 77.5 Å². The molecule has 6 nitrogen and oxygen atoms in total. The van der Waals surface area contributed by atoms with Crippen molar-refractivity contribution in [1.82, 2.24) is 29.4 Å². The average molecular weight is 387 g/mol. The molecule has 0 bridgehead atoms. The Bertz CT molecular complexity index is 1240. The third-order valence-corrected chi connectivity index (χ3v) is 4.73. The van der Waals surface area contributed by atoms with E-state index in [0.717, 1.165) is 34.0 Å². The Morgan fingerprint density at radius 2 is 1.79 bits per heavy atom. The molecule has 0 atom stereocenters. The zero-order chi connectivity index (χ0) is 18.9. The van der Waals surface area contributed by atoms with Crippen LogP contribution in [0.25, 0.3) is 28.3 Å². The van der Waals surface area contributed by atoms with Crippen molar-refractivity contribution in [2.24, 2.45) is 0 Å². The van der Waals surface area contributed by atoms with Gasteiger partial charge < -0.3 is 0 Å². The second-order valence-corrected chi connectivity index (χ2v) is 6.80. The average Bonchev–Trinajstić information content (AvgIpc) is 3.33. The third-order valence-electron chi connectivity index (χ3n) is 4.48. The third kappa shape index (κ3) is 3.04. The number of imidazole rings is 1. The van der Waals surface area contributed by atoms with Gasteiger partial charge in [0.15, 0.2) is 0 Å². The van der Waals surface area contributed by atoms with Crippen molar-refractivity contribution in [3.8, 4) is 22.6 Å². The number of pyridine rings is 2. The molecule has 0 amide bonds. The molecule has 0 aliphatic carbocycles. The maximum Gasteiger partial charge on any atom is 0.137 e. The van der Waals surface area contributed by atoms with E-state index in [1.165, 1.54) is 0 Å². The minimum Gasteiger partial charge on any atom is -0.298 e. The number of halogens is 1. The predicted molar refractivity (Wildman–Crippen MR) is 108 cm³/mol. The molecule has 7 heteroatoms. The van der Waals surface area contributed by atoms with Crippen LogP contribution in [0, 0.1) is 0 Å². The van der Waals surface area contributed by atoms with E-state index in [0.29, 0.717) is 11.6 Å². The van der Waals surface area contributed by atoms with Gasteiger partial charge in [0, 0.05) is 23.0 Å². The smallest absolute Gasteiger partial charge is 0.137 e. The molecule has 0 fully saturated rings. The van der Waals surface area contributed by atoms with E-state index in [9.17, 15) is 0 Å². The highest BCUT2D eigenvalue weighted by molar-refractivity contribution is 6.30. The number of nitrogens with zero attached hydrogens (tertiary/aromatic N) is 6. The molecule has 136 valence electrons. The van der Waals surface area contributed by atoms with Crippen LogP contribution in [-0.2, 0) is 6.54 Å². The summed E-state index contributed by atoms with van der Waals surface area (Å²) in [7, 11) is 0. The summed E-state index contributed by atoms with van der Waals surface area (Å²) in [4.78, 5) is 9.16. The second-order valence-electron chi connectivity index (χ2n) is 6.37. The van der Waals surface area contributed by atoms with Gasteiger partial charge in [-0.2, -0.15) is 0 Å². The molecule has 0 aliphatic heterocycles. The first-order chi connectivity index (χ1) is 13.8. The summed E-state index contributed by atoms with van der Waals surface area (Å²) in [5.74, 6) is 0. The maximum atomic E-state index is 6.06. The lowest BCUT2D eigenvalue weighted by atomic mass is 10.1. The van der Waals surface area contributed by atoms with Gasteiger partial charge in [0.05, 0.1) is 24.1 Å². The molecule has 0 saturated carbocycles. The summed E-state index contributed by atoms with van der Waals surface area (Å²) in [6.07, 6.45) is 5.68. The minimum absolute atomic E-state index is 0.556. The Balaban J connectivity index is 1.62. The quantitative estimate of drug-likeness (QED) is 0.460. The Labute approximate surface area is 166 Å². The summed E-state index contributed by atoms with van der Waals surface area (Å²) in [5, 5.41) is 9.38. The Kier molecular flexibility index (Phi) is 4.10. The molecular formula is C21H15ClN6. The Morgan fingerprint density at radius 1 is 0.929 bits per heavy atom. The Hall–Kier alpha value is -3.51. The van der Waals surface area contributed by atoms with Crippen LogP contribution in [0.4, 0.5) is 0 Å². The molecule has 5 aromatic rings. The first kappa shape index (κ1) is 16.6. The fourth-order valence-corrected chi connectivity index (χ4v) is 3.32. The summed E-state index contributed by atoms with van der Waals surface area (Å²) < 4.78 is 3.81. The van der Waals surface area contributed by atoms with Gasteiger partial charge in [-0.25, -0.2) is 9.67 Å². The molecule has 0 radical (unpaired) electrons. The van der Waals surface area contributed by atoms with Gasteiger partial charge >= 0.3 is 0 Å². The zero-order valence-electron chi connectivity index (χ0n) is 14.8. The van der Waals surface area contributed by atoms with Crippen LogP contribution in [0.5, 0.6) is 0 Å². The van der Waals surface area contributed by atoms with E-state index in [-0.39, 0.29) is 0 Å². The molecule has 5 rings (SSSR count). The summed E-state index contributed by atoms with van der Waals surface area (Å²) >= 11 is 6.06. The van der Waals surface area contributed by atoms with Crippen LogP contribution in [0.3, 0.4) is 0 Å². The monoisotopic (exact) mass is 386 g/mol.